The molecular weight excluding hydrogens is 228 g/mol. The first-order valence-corrected chi connectivity index (χ1v) is 5.14. The number of non-ortho nitro benzene ring substituents is 1. The number of nitro groups is 1. The largest absolute Gasteiger partial charge is 0.298 e. The van der Waals surface area contributed by atoms with Crippen LogP contribution in [0.15, 0.2) is 30.9 Å². The quantitative estimate of drug-likeness (QED) is 0.452. The SMILES string of the molecule is C=CCN(C)Cc1cc([N+](=O)[O-])ccc1Cl. The van der Waals surface area contributed by atoms with Crippen LogP contribution in [-0.4, -0.2) is 23.4 Å². The van der Waals surface area contributed by atoms with Crippen LogP contribution < -0.4 is 0 Å². The van der Waals surface area contributed by atoms with Gasteiger partial charge in [0.15, 0.2) is 0 Å². The number of hydrogen-bond acceptors (Lipinski definition) is 3. The standard InChI is InChI=1S/C11H13ClN2O2/c1-3-6-13(2)8-9-7-10(14(15)16)4-5-11(9)12/h3-5,7H,1,6,8H2,2H3. The number of hydrogen-bond donors (Lipinski definition) is 0. The molecule has 0 spiro atoms. The molecule has 0 heterocycles. The fourth-order valence-electron chi connectivity index (χ4n) is 1.37. The number of benzene rings is 1. The van der Waals surface area contributed by atoms with E-state index in [4.69, 9.17) is 11.6 Å². The van der Waals surface area contributed by atoms with Gasteiger partial charge in [0.1, 0.15) is 0 Å². The minimum atomic E-state index is -0.423. The van der Waals surface area contributed by atoms with E-state index in [9.17, 15) is 10.1 Å². The predicted octanol–water partition coefficient (Wildman–Crippen LogP) is 2.87. The maximum Gasteiger partial charge on any atom is 0.269 e. The Kier molecular flexibility index (Phi) is 4.46. The zero-order valence-corrected chi connectivity index (χ0v) is 9.78. The molecule has 0 unspecified atom stereocenters. The molecule has 86 valence electrons. The summed E-state index contributed by atoms with van der Waals surface area (Å²) in [6.45, 7) is 4.90. The molecule has 0 atom stereocenters. The van der Waals surface area contributed by atoms with E-state index in [2.05, 4.69) is 6.58 Å². The summed E-state index contributed by atoms with van der Waals surface area (Å²) in [4.78, 5) is 12.2. The topological polar surface area (TPSA) is 46.4 Å². The molecule has 0 bridgehead atoms. The van der Waals surface area contributed by atoms with Crippen LogP contribution in [0.2, 0.25) is 5.02 Å². The van der Waals surface area contributed by atoms with Gasteiger partial charge in [-0.3, -0.25) is 15.0 Å². The first-order chi connectivity index (χ1) is 7.54. The predicted molar refractivity (Wildman–Crippen MR) is 64.6 cm³/mol. The minimum absolute atomic E-state index is 0.0615. The van der Waals surface area contributed by atoms with Crippen molar-refractivity contribution >= 4 is 17.3 Å². The Morgan fingerprint density at radius 3 is 2.88 bits per heavy atom. The summed E-state index contributed by atoms with van der Waals surface area (Å²) in [5.41, 5.74) is 0.812. The molecule has 1 aromatic rings. The van der Waals surface area contributed by atoms with Crippen LogP contribution in [0, 0.1) is 10.1 Å². The van der Waals surface area contributed by atoms with Crippen molar-refractivity contribution in [1.82, 2.24) is 4.90 Å². The summed E-state index contributed by atoms with van der Waals surface area (Å²) < 4.78 is 0. The second-order valence-corrected chi connectivity index (χ2v) is 3.93. The molecule has 4 nitrogen and oxygen atoms in total. The monoisotopic (exact) mass is 240 g/mol. The van der Waals surface area contributed by atoms with Crippen molar-refractivity contribution in [2.45, 2.75) is 6.54 Å². The Balaban J connectivity index is 2.89. The van der Waals surface area contributed by atoms with Gasteiger partial charge < -0.3 is 0 Å². The van der Waals surface area contributed by atoms with Gasteiger partial charge >= 0.3 is 0 Å². The number of rotatable bonds is 5. The molecule has 5 heteroatoms. The second kappa shape index (κ2) is 5.63. The number of halogens is 1. The van der Waals surface area contributed by atoms with Gasteiger partial charge in [-0.05, 0) is 18.7 Å². The van der Waals surface area contributed by atoms with E-state index in [0.717, 1.165) is 5.56 Å². The summed E-state index contributed by atoms with van der Waals surface area (Å²) in [7, 11) is 1.90. The minimum Gasteiger partial charge on any atom is -0.298 e. The van der Waals surface area contributed by atoms with Gasteiger partial charge in [0.25, 0.3) is 5.69 Å². The zero-order valence-electron chi connectivity index (χ0n) is 9.02. The number of likely N-dealkylation sites (N-methyl/N-ethyl adjacent to an activating group) is 1. The van der Waals surface area contributed by atoms with Crippen molar-refractivity contribution in [2.75, 3.05) is 13.6 Å². The van der Waals surface area contributed by atoms with Crippen molar-refractivity contribution in [3.8, 4) is 0 Å². The molecule has 16 heavy (non-hydrogen) atoms. The lowest BCUT2D eigenvalue weighted by Gasteiger charge is -2.14. The summed E-state index contributed by atoms with van der Waals surface area (Å²) in [6, 6.07) is 4.46. The van der Waals surface area contributed by atoms with Crippen LogP contribution in [0.25, 0.3) is 0 Å². The highest BCUT2D eigenvalue weighted by atomic mass is 35.5. The van der Waals surface area contributed by atoms with Crippen LogP contribution in [0.4, 0.5) is 5.69 Å². The third-order valence-electron chi connectivity index (χ3n) is 2.12. The summed E-state index contributed by atoms with van der Waals surface area (Å²) >= 11 is 5.97. The van der Waals surface area contributed by atoms with Crippen molar-refractivity contribution in [3.63, 3.8) is 0 Å². The van der Waals surface area contributed by atoms with E-state index in [1.165, 1.54) is 12.1 Å². The van der Waals surface area contributed by atoms with Gasteiger partial charge in [-0.2, -0.15) is 0 Å². The molecule has 1 aromatic carbocycles. The van der Waals surface area contributed by atoms with Gasteiger partial charge in [0.05, 0.1) is 4.92 Å². The summed E-state index contributed by atoms with van der Waals surface area (Å²) in [6.07, 6.45) is 1.77. The molecule has 0 aliphatic rings. The fraction of sp³-hybridized carbons (Fsp3) is 0.273. The highest BCUT2D eigenvalue weighted by Gasteiger charge is 2.10. The Morgan fingerprint density at radius 2 is 2.31 bits per heavy atom. The van der Waals surface area contributed by atoms with Gasteiger partial charge in [0, 0.05) is 30.2 Å². The Morgan fingerprint density at radius 1 is 1.62 bits per heavy atom. The Bertz CT molecular complexity index is 407. The molecule has 1 rings (SSSR count). The van der Waals surface area contributed by atoms with Crippen molar-refractivity contribution in [2.24, 2.45) is 0 Å². The Hall–Kier alpha value is -1.39. The molecular formula is C11H13ClN2O2. The van der Waals surface area contributed by atoms with Gasteiger partial charge in [-0.1, -0.05) is 17.7 Å². The van der Waals surface area contributed by atoms with Crippen molar-refractivity contribution in [1.29, 1.82) is 0 Å². The average Bonchev–Trinajstić information content (AvgIpc) is 2.21. The van der Waals surface area contributed by atoms with Crippen molar-refractivity contribution < 1.29 is 4.92 Å². The first-order valence-electron chi connectivity index (χ1n) is 4.77. The normalized spacial score (nSPS) is 10.4. The average molecular weight is 241 g/mol. The Labute approximate surface area is 99.3 Å². The van der Waals surface area contributed by atoms with Crippen molar-refractivity contribution in [3.05, 3.63) is 51.6 Å². The molecule has 0 saturated carbocycles. The van der Waals surface area contributed by atoms with E-state index >= 15 is 0 Å². The smallest absolute Gasteiger partial charge is 0.269 e. The summed E-state index contributed by atoms with van der Waals surface area (Å²) in [5, 5.41) is 11.2. The molecule has 0 saturated heterocycles. The maximum absolute atomic E-state index is 10.6. The third kappa shape index (κ3) is 3.32. The van der Waals surface area contributed by atoms with E-state index < -0.39 is 4.92 Å². The molecule has 0 aliphatic carbocycles. The van der Waals surface area contributed by atoms with E-state index in [0.29, 0.717) is 18.1 Å². The summed E-state index contributed by atoms with van der Waals surface area (Å²) in [5.74, 6) is 0. The molecule has 0 aromatic heterocycles. The maximum atomic E-state index is 10.6. The number of nitro benzene ring substituents is 1. The fourth-order valence-corrected chi connectivity index (χ4v) is 1.55. The third-order valence-corrected chi connectivity index (χ3v) is 2.49. The molecule has 0 N–H and O–H groups in total. The lowest BCUT2D eigenvalue weighted by molar-refractivity contribution is -0.384. The van der Waals surface area contributed by atoms with E-state index in [1.807, 2.05) is 11.9 Å². The molecule has 0 aliphatic heterocycles. The zero-order chi connectivity index (χ0) is 12.1. The van der Waals surface area contributed by atoms with Gasteiger partial charge in [0.2, 0.25) is 0 Å². The van der Waals surface area contributed by atoms with E-state index in [-0.39, 0.29) is 5.69 Å². The highest BCUT2D eigenvalue weighted by molar-refractivity contribution is 6.31. The first kappa shape index (κ1) is 12.7. The van der Waals surface area contributed by atoms with Gasteiger partial charge in [-0.15, -0.1) is 6.58 Å². The highest BCUT2D eigenvalue weighted by Crippen LogP contribution is 2.22. The number of nitrogens with zero attached hydrogens (tertiary/aromatic N) is 2. The molecule has 0 amide bonds. The second-order valence-electron chi connectivity index (χ2n) is 3.52. The van der Waals surface area contributed by atoms with Gasteiger partial charge in [-0.25, -0.2) is 0 Å². The molecule has 0 fully saturated rings. The van der Waals surface area contributed by atoms with Crippen LogP contribution in [0.3, 0.4) is 0 Å². The van der Waals surface area contributed by atoms with E-state index in [1.54, 1.807) is 12.1 Å². The lowest BCUT2D eigenvalue weighted by atomic mass is 10.2. The van der Waals surface area contributed by atoms with Crippen LogP contribution in [0.1, 0.15) is 5.56 Å². The van der Waals surface area contributed by atoms with Crippen LogP contribution in [0.5, 0.6) is 0 Å². The van der Waals surface area contributed by atoms with Crippen LogP contribution >= 0.6 is 11.6 Å². The van der Waals surface area contributed by atoms with Crippen LogP contribution in [-0.2, 0) is 6.54 Å². The lowest BCUT2D eigenvalue weighted by Crippen LogP contribution is -2.17. The molecule has 0 radical (unpaired) electrons.